The summed E-state index contributed by atoms with van der Waals surface area (Å²) in [6.07, 6.45) is 26.5. The van der Waals surface area contributed by atoms with Crippen LogP contribution in [0.2, 0.25) is 0 Å². The minimum absolute atomic E-state index is 1.11. The second-order valence-corrected chi connectivity index (χ2v) is 3.17. The predicted octanol–water partition coefficient (Wildman–Crippen LogP) is 4.14. The molecule has 0 nitrogen and oxygen atoms in total. The van der Waals surface area contributed by atoms with Crippen LogP contribution in [0.4, 0.5) is 0 Å². The number of rotatable bonds is 0. The van der Waals surface area contributed by atoms with E-state index in [1.807, 2.05) is 24.3 Å². The van der Waals surface area contributed by atoms with E-state index in [-0.39, 0.29) is 0 Å². The van der Waals surface area contributed by atoms with Gasteiger partial charge in [0.1, 0.15) is 0 Å². The van der Waals surface area contributed by atoms with E-state index in [2.05, 4.69) is 36.5 Å². The number of hydrogen-bond acceptors (Lipinski definition) is 0. The molecule has 0 fully saturated rings. The van der Waals surface area contributed by atoms with Crippen molar-refractivity contribution in [2.75, 3.05) is 0 Å². The first-order valence-corrected chi connectivity index (χ1v) is 5.21. The van der Waals surface area contributed by atoms with Crippen LogP contribution in [-0.4, -0.2) is 0 Å². The standard InChI is InChI=1S/C14H17/c1-2-4-6-8-10-12-14-13-11-9-7-5-3-1/h1-5,9-12H,6,8,13-14H2. The fourth-order valence-electron chi connectivity index (χ4n) is 1.18. The molecule has 14 heavy (non-hydrogen) atoms. The van der Waals surface area contributed by atoms with E-state index in [0.717, 1.165) is 25.7 Å². The van der Waals surface area contributed by atoms with Crippen molar-refractivity contribution in [1.29, 1.82) is 0 Å². The first-order chi connectivity index (χ1) is 7.00. The van der Waals surface area contributed by atoms with Crippen LogP contribution in [-0.2, 0) is 0 Å². The average molecular weight is 185 g/mol. The Bertz CT molecular complexity index is 234. The Kier molecular flexibility index (Phi) is 6.39. The van der Waals surface area contributed by atoms with Gasteiger partial charge in [0.05, 0.1) is 0 Å². The lowest BCUT2D eigenvalue weighted by Crippen LogP contribution is -1.68. The lowest BCUT2D eigenvalue weighted by atomic mass is 10.2. The van der Waals surface area contributed by atoms with Gasteiger partial charge in [0.25, 0.3) is 0 Å². The maximum Gasteiger partial charge on any atom is -0.0187 e. The molecule has 0 bridgehead atoms. The number of allylic oxidation sites excluding steroid dienone is 10. The molecule has 0 saturated heterocycles. The van der Waals surface area contributed by atoms with E-state index in [4.69, 9.17) is 0 Å². The highest BCUT2D eigenvalue weighted by Gasteiger charge is 1.78. The quantitative estimate of drug-likeness (QED) is 0.497. The highest BCUT2D eigenvalue weighted by Crippen LogP contribution is 1.98. The second kappa shape index (κ2) is 8.31. The molecule has 1 aliphatic carbocycles. The molecule has 0 aromatic heterocycles. The monoisotopic (exact) mass is 185 g/mol. The van der Waals surface area contributed by atoms with Gasteiger partial charge >= 0.3 is 0 Å². The zero-order valence-electron chi connectivity index (χ0n) is 8.52. The zero-order chi connectivity index (χ0) is 9.90. The van der Waals surface area contributed by atoms with Gasteiger partial charge in [-0.05, 0) is 31.8 Å². The lowest BCUT2D eigenvalue weighted by molar-refractivity contribution is 1.00. The van der Waals surface area contributed by atoms with Gasteiger partial charge in [-0.15, -0.1) is 0 Å². The van der Waals surface area contributed by atoms with Crippen molar-refractivity contribution in [3.8, 4) is 0 Å². The maximum absolute atomic E-state index is 3.09. The van der Waals surface area contributed by atoms with Crippen molar-refractivity contribution in [3.05, 3.63) is 60.8 Å². The molecular weight excluding hydrogens is 168 g/mol. The largest absolute Gasteiger partial charge is 0.0882 e. The summed E-state index contributed by atoms with van der Waals surface area (Å²) in [5.74, 6) is 0. The molecule has 0 amide bonds. The van der Waals surface area contributed by atoms with Crippen molar-refractivity contribution in [1.82, 2.24) is 0 Å². The van der Waals surface area contributed by atoms with Crippen LogP contribution in [0.5, 0.6) is 0 Å². The second-order valence-electron chi connectivity index (χ2n) is 3.17. The molecule has 0 aromatic rings. The van der Waals surface area contributed by atoms with Crippen LogP contribution < -0.4 is 0 Å². The smallest absolute Gasteiger partial charge is 0.0187 e. The summed E-state index contributed by atoms with van der Waals surface area (Å²) in [7, 11) is 0. The molecule has 1 aliphatic rings. The van der Waals surface area contributed by atoms with E-state index >= 15 is 0 Å². The molecule has 0 unspecified atom stereocenters. The SMILES string of the molecule is [C]1=CC=CC=CCCC=CCCC=C1. The Balaban J connectivity index is 2.46. The van der Waals surface area contributed by atoms with E-state index < -0.39 is 0 Å². The lowest BCUT2D eigenvalue weighted by Gasteiger charge is -1.88. The highest BCUT2D eigenvalue weighted by atomic mass is 13.8. The summed E-state index contributed by atoms with van der Waals surface area (Å²) in [5, 5.41) is 0. The van der Waals surface area contributed by atoms with Crippen LogP contribution in [0, 0.1) is 6.08 Å². The van der Waals surface area contributed by atoms with Gasteiger partial charge in [-0.1, -0.05) is 54.7 Å². The highest BCUT2D eigenvalue weighted by molar-refractivity contribution is 5.12. The Morgan fingerprint density at radius 1 is 0.643 bits per heavy atom. The van der Waals surface area contributed by atoms with E-state index in [9.17, 15) is 0 Å². The van der Waals surface area contributed by atoms with Crippen molar-refractivity contribution in [3.63, 3.8) is 0 Å². The topological polar surface area (TPSA) is 0 Å². The summed E-state index contributed by atoms with van der Waals surface area (Å²) in [5.41, 5.74) is 0. The molecule has 1 rings (SSSR count). The van der Waals surface area contributed by atoms with E-state index in [1.165, 1.54) is 0 Å². The summed E-state index contributed by atoms with van der Waals surface area (Å²) in [6.45, 7) is 0. The third kappa shape index (κ3) is 6.24. The molecule has 0 aromatic carbocycles. The molecule has 0 saturated carbocycles. The zero-order valence-corrected chi connectivity index (χ0v) is 8.52. The molecular formula is C14H17. The van der Waals surface area contributed by atoms with E-state index in [1.54, 1.807) is 0 Å². The molecule has 0 heteroatoms. The fourth-order valence-corrected chi connectivity index (χ4v) is 1.18. The summed E-state index contributed by atoms with van der Waals surface area (Å²) in [6, 6.07) is 0. The summed E-state index contributed by atoms with van der Waals surface area (Å²) >= 11 is 0. The molecule has 0 aliphatic heterocycles. The van der Waals surface area contributed by atoms with Crippen LogP contribution in [0.1, 0.15) is 25.7 Å². The fraction of sp³-hybridized carbons (Fsp3) is 0.286. The predicted molar refractivity (Wildman–Crippen MR) is 62.8 cm³/mol. The first kappa shape index (κ1) is 10.8. The van der Waals surface area contributed by atoms with Crippen molar-refractivity contribution in [2.45, 2.75) is 25.7 Å². The van der Waals surface area contributed by atoms with Gasteiger partial charge in [0.2, 0.25) is 0 Å². The molecule has 0 spiro atoms. The molecule has 0 heterocycles. The van der Waals surface area contributed by atoms with Crippen molar-refractivity contribution in [2.24, 2.45) is 0 Å². The molecule has 0 N–H and O–H groups in total. The normalized spacial score (nSPS) is 18.3. The Labute approximate surface area is 87.0 Å². The van der Waals surface area contributed by atoms with Gasteiger partial charge < -0.3 is 0 Å². The van der Waals surface area contributed by atoms with Gasteiger partial charge in [-0.3, -0.25) is 0 Å². The Hall–Kier alpha value is -1.30. The third-order valence-corrected chi connectivity index (χ3v) is 1.93. The van der Waals surface area contributed by atoms with Gasteiger partial charge in [0, 0.05) is 0 Å². The van der Waals surface area contributed by atoms with E-state index in [0.29, 0.717) is 0 Å². The van der Waals surface area contributed by atoms with Crippen LogP contribution >= 0.6 is 0 Å². The maximum atomic E-state index is 3.09. The minimum atomic E-state index is 1.11. The van der Waals surface area contributed by atoms with Crippen molar-refractivity contribution < 1.29 is 0 Å². The van der Waals surface area contributed by atoms with Crippen LogP contribution in [0.3, 0.4) is 0 Å². The first-order valence-electron chi connectivity index (χ1n) is 5.21. The molecule has 1 radical (unpaired) electrons. The summed E-state index contributed by atoms with van der Waals surface area (Å²) < 4.78 is 0. The molecule has 73 valence electrons. The minimum Gasteiger partial charge on any atom is -0.0882 e. The van der Waals surface area contributed by atoms with Gasteiger partial charge in [-0.25, -0.2) is 0 Å². The summed E-state index contributed by atoms with van der Waals surface area (Å²) in [4.78, 5) is 0. The van der Waals surface area contributed by atoms with Crippen LogP contribution in [0.15, 0.2) is 54.7 Å². The van der Waals surface area contributed by atoms with Crippen LogP contribution in [0.25, 0.3) is 0 Å². The Morgan fingerprint density at radius 3 is 2.21 bits per heavy atom. The Morgan fingerprint density at radius 2 is 1.36 bits per heavy atom. The molecule has 0 atom stereocenters. The van der Waals surface area contributed by atoms with Crippen molar-refractivity contribution >= 4 is 0 Å². The van der Waals surface area contributed by atoms with Gasteiger partial charge in [-0.2, -0.15) is 0 Å². The average Bonchev–Trinajstić information content (AvgIpc) is 2.22. The third-order valence-electron chi connectivity index (χ3n) is 1.93. The van der Waals surface area contributed by atoms with Gasteiger partial charge in [0.15, 0.2) is 0 Å². The number of hydrogen-bond donors (Lipinski definition) is 0.